The molecule has 0 spiro atoms. The molecule has 0 bridgehead atoms. The number of fused-ring (bicyclic) bond motifs is 1. The van der Waals surface area contributed by atoms with Crippen LogP contribution in [-0.4, -0.2) is 51.4 Å². The van der Waals surface area contributed by atoms with E-state index in [0.717, 1.165) is 35.9 Å². The topological polar surface area (TPSA) is 133 Å². The third-order valence-corrected chi connectivity index (χ3v) is 5.42. The summed E-state index contributed by atoms with van der Waals surface area (Å²) in [7, 11) is 0. The molecule has 0 fully saturated rings. The van der Waals surface area contributed by atoms with Crippen LogP contribution in [0, 0.1) is 12.3 Å². The quantitative estimate of drug-likeness (QED) is 0.339. The van der Waals surface area contributed by atoms with Gasteiger partial charge in [-0.15, -0.1) is 0 Å². The van der Waals surface area contributed by atoms with Gasteiger partial charge in [0.05, 0.1) is 13.0 Å². The number of anilines is 2. The Morgan fingerprint density at radius 3 is 2.77 bits per heavy atom. The summed E-state index contributed by atoms with van der Waals surface area (Å²) >= 11 is 0. The van der Waals surface area contributed by atoms with Crippen molar-refractivity contribution in [3.05, 3.63) is 71.4 Å². The maximum atomic E-state index is 10.6. The van der Waals surface area contributed by atoms with Gasteiger partial charge in [0.2, 0.25) is 0 Å². The number of pyridine rings is 1. The lowest BCUT2D eigenvalue weighted by molar-refractivity contribution is -0.136. The number of benzene rings is 1. The van der Waals surface area contributed by atoms with Crippen LogP contribution < -0.4 is 15.4 Å². The Hall–Kier alpha value is -4.01. The molecule has 35 heavy (non-hydrogen) atoms. The van der Waals surface area contributed by atoms with Gasteiger partial charge < -0.3 is 25.9 Å². The summed E-state index contributed by atoms with van der Waals surface area (Å²) in [4.78, 5) is 23.1. The van der Waals surface area contributed by atoms with Gasteiger partial charge in [-0.2, -0.15) is 0 Å². The molecule has 0 saturated carbocycles. The first kappa shape index (κ1) is 25.6. The number of aryl methyl sites for hydroxylation is 2. The van der Waals surface area contributed by atoms with Gasteiger partial charge in [0.15, 0.2) is 0 Å². The van der Waals surface area contributed by atoms with E-state index in [1.54, 1.807) is 30.6 Å². The minimum Gasteiger partial charge on any atom is -0.493 e. The third-order valence-electron chi connectivity index (χ3n) is 5.42. The Morgan fingerprint density at radius 2 is 2.09 bits per heavy atom. The molecule has 0 saturated heterocycles. The lowest BCUT2D eigenvalue weighted by Gasteiger charge is -2.23. The first-order chi connectivity index (χ1) is 16.9. The van der Waals surface area contributed by atoms with Gasteiger partial charge in [-0.3, -0.25) is 4.79 Å². The summed E-state index contributed by atoms with van der Waals surface area (Å²) in [5.41, 5.74) is 3.64. The number of hydrogen-bond donors (Lipinski definition) is 4. The molecule has 3 heterocycles. The molecule has 184 valence electrons. The predicted molar refractivity (Wildman–Crippen MR) is 137 cm³/mol. The minimum absolute atomic E-state index is 0.0249. The number of nitrogens with one attached hydrogen (secondary N) is 3. The lowest BCUT2D eigenvalue weighted by atomic mass is 10.0. The molecule has 0 radical (unpaired) electrons. The minimum atomic E-state index is -0.857. The number of aliphatic carboxylic acids is 1. The second-order valence-corrected chi connectivity index (χ2v) is 8.25. The standard InChI is InChI=1S/C21H26N4O3.C5H6N2/c1-14-2-3-15-4-5-17(25-21(15)24-14)9-11-28-18-6-7-19(16(12-18)13-22)23-10-8-20(26)27;1-5-6-3-2-4-7-5/h4-7,12-14,22-23H,2-3,8-11H2,1H3,(H,24,25)(H,26,27);2-4H,1H3. The maximum absolute atomic E-state index is 10.6. The number of carboxylic acids is 1. The van der Waals surface area contributed by atoms with E-state index in [-0.39, 0.29) is 6.42 Å². The van der Waals surface area contributed by atoms with Gasteiger partial charge in [0.1, 0.15) is 17.4 Å². The zero-order chi connectivity index (χ0) is 25.0. The van der Waals surface area contributed by atoms with Gasteiger partial charge in [-0.1, -0.05) is 6.07 Å². The zero-order valence-corrected chi connectivity index (χ0v) is 20.1. The highest BCUT2D eigenvalue weighted by molar-refractivity contribution is 5.86. The molecular weight excluding hydrogens is 444 g/mol. The molecule has 1 aromatic carbocycles. The average molecular weight is 477 g/mol. The maximum Gasteiger partial charge on any atom is 0.305 e. The van der Waals surface area contributed by atoms with Gasteiger partial charge >= 0.3 is 5.97 Å². The summed E-state index contributed by atoms with van der Waals surface area (Å²) in [6, 6.07) is 11.8. The highest BCUT2D eigenvalue weighted by Gasteiger charge is 2.15. The van der Waals surface area contributed by atoms with Crippen LogP contribution in [0.25, 0.3) is 0 Å². The smallest absolute Gasteiger partial charge is 0.305 e. The van der Waals surface area contributed by atoms with E-state index in [4.69, 9.17) is 20.2 Å². The second-order valence-electron chi connectivity index (χ2n) is 8.25. The number of carbonyl (C=O) groups is 1. The van der Waals surface area contributed by atoms with Crippen molar-refractivity contribution in [1.82, 2.24) is 15.0 Å². The van der Waals surface area contributed by atoms with Crippen LogP contribution in [0.4, 0.5) is 11.5 Å². The van der Waals surface area contributed by atoms with Gasteiger partial charge in [-0.25, -0.2) is 15.0 Å². The monoisotopic (exact) mass is 476 g/mol. The number of ether oxygens (including phenoxy) is 1. The summed E-state index contributed by atoms with van der Waals surface area (Å²) in [6.45, 7) is 4.83. The van der Waals surface area contributed by atoms with E-state index >= 15 is 0 Å². The molecule has 9 heteroatoms. The highest BCUT2D eigenvalue weighted by Crippen LogP contribution is 2.24. The average Bonchev–Trinajstić information content (AvgIpc) is 2.85. The molecule has 2 aromatic heterocycles. The highest BCUT2D eigenvalue weighted by atomic mass is 16.5. The lowest BCUT2D eigenvalue weighted by Crippen LogP contribution is -2.23. The molecule has 3 aromatic rings. The van der Waals surface area contributed by atoms with E-state index in [1.807, 2.05) is 13.0 Å². The van der Waals surface area contributed by atoms with Crippen LogP contribution in [-0.2, 0) is 17.6 Å². The zero-order valence-electron chi connectivity index (χ0n) is 20.1. The molecule has 1 aliphatic heterocycles. The van der Waals surface area contributed by atoms with Crippen molar-refractivity contribution >= 4 is 23.7 Å². The summed E-state index contributed by atoms with van der Waals surface area (Å²) in [5.74, 6) is 1.62. The van der Waals surface area contributed by atoms with Crippen molar-refractivity contribution in [3.8, 4) is 5.75 Å². The molecule has 1 unspecified atom stereocenters. The van der Waals surface area contributed by atoms with E-state index in [0.29, 0.717) is 36.9 Å². The molecule has 9 nitrogen and oxygen atoms in total. The van der Waals surface area contributed by atoms with Crippen LogP contribution >= 0.6 is 0 Å². The van der Waals surface area contributed by atoms with E-state index in [2.05, 4.69) is 39.7 Å². The Balaban J connectivity index is 0.000000420. The third kappa shape index (κ3) is 8.37. The normalized spacial score (nSPS) is 13.9. The predicted octanol–water partition coefficient (Wildman–Crippen LogP) is 4.12. The fraction of sp³-hybridized carbons (Fsp3) is 0.346. The number of carboxylic acid groups (broad SMARTS) is 1. The van der Waals surface area contributed by atoms with Gasteiger partial charge in [-0.05, 0) is 62.6 Å². The van der Waals surface area contributed by atoms with Crippen LogP contribution in [0.1, 0.15) is 42.4 Å². The van der Waals surface area contributed by atoms with Crippen molar-refractivity contribution in [2.24, 2.45) is 0 Å². The number of rotatable bonds is 9. The van der Waals surface area contributed by atoms with E-state index in [1.165, 1.54) is 11.8 Å². The Morgan fingerprint density at radius 1 is 1.29 bits per heavy atom. The molecule has 1 aliphatic rings. The van der Waals surface area contributed by atoms with Crippen molar-refractivity contribution in [3.63, 3.8) is 0 Å². The largest absolute Gasteiger partial charge is 0.493 e. The summed E-state index contributed by atoms with van der Waals surface area (Å²) < 4.78 is 5.83. The summed E-state index contributed by atoms with van der Waals surface area (Å²) in [6.07, 6.45) is 7.59. The fourth-order valence-electron chi connectivity index (χ4n) is 3.53. The Labute approximate surface area is 205 Å². The van der Waals surface area contributed by atoms with Gasteiger partial charge in [0, 0.05) is 54.6 Å². The van der Waals surface area contributed by atoms with Crippen LogP contribution in [0.15, 0.2) is 48.8 Å². The SMILES string of the molecule is CC1CCc2ccc(CCOc3ccc(NCCC(=O)O)c(C=N)c3)nc2N1.Cc1ncccn1. The first-order valence-corrected chi connectivity index (χ1v) is 11.7. The summed E-state index contributed by atoms with van der Waals surface area (Å²) in [5, 5.41) is 22.7. The molecule has 4 N–H and O–H groups in total. The van der Waals surface area contributed by atoms with Gasteiger partial charge in [0.25, 0.3) is 0 Å². The van der Waals surface area contributed by atoms with Crippen molar-refractivity contribution < 1.29 is 14.6 Å². The number of nitrogens with zero attached hydrogens (tertiary/aromatic N) is 3. The second kappa shape index (κ2) is 13.0. The number of aromatic nitrogens is 3. The van der Waals surface area contributed by atoms with E-state index < -0.39 is 5.97 Å². The van der Waals surface area contributed by atoms with Crippen molar-refractivity contribution in [2.45, 2.75) is 45.6 Å². The van der Waals surface area contributed by atoms with Crippen molar-refractivity contribution in [2.75, 3.05) is 23.8 Å². The van der Waals surface area contributed by atoms with Crippen LogP contribution in [0.5, 0.6) is 5.75 Å². The van der Waals surface area contributed by atoms with Crippen molar-refractivity contribution in [1.29, 1.82) is 5.41 Å². The molecule has 1 atom stereocenters. The van der Waals surface area contributed by atoms with Crippen LogP contribution in [0.2, 0.25) is 0 Å². The molecular formula is C26H32N6O3. The Kier molecular flexibility index (Phi) is 9.53. The molecule has 0 amide bonds. The molecule has 0 aliphatic carbocycles. The van der Waals surface area contributed by atoms with E-state index in [9.17, 15) is 4.79 Å². The molecule has 4 rings (SSSR count). The number of hydrogen-bond acceptors (Lipinski definition) is 8. The van der Waals surface area contributed by atoms with Crippen LogP contribution in [0.3, 0.4) is 0 Å². The first-order valence-electron chi connectivity index (χ1n) is 11.7. The fourth-order valence-corrected chi connectivity index (χ4v) is 3.53. The Bertz CT molecular complexity index is 1120.